The number of hydrogen-bond acceptors (Lipinski definition) is 7. The first-order valence-electron chi connectivity index (χ1n) is 10.3. The third kappa shape index (κ3) is 4.39. The maximum atomic E-state index is 12.6. The van der Waals surface area contributed by atoms with E-state index in [1.165, 1.54) is 0 Å². The number of thiophene rings is 1. The number of nitrogens with one attached hydrogen (secondary N) is 2. The molecule has 34 heavy (non-hydrogen) atoms. The first-order valence-corrected chi connectivity index (χ1v) is 11.2. The second kappa shape index (κ2) is 9.20. The second-order valence-corrected chi connectivity index (χ2v) is 8.20. The van der Waals surface area contributed by atoms with Crippen LogP contribution in [0.25, 0.3) is 27.6 Å². The van der Waals surface area contributed by atoms with Gasteiger partial charge in [-0.1, -0.05) is 18.2 Å². The molecule has 2 N–H and O–H groups in total. The molecule has 0 saturated carbocycles. The average molecular weight is 473 g/mol. The number of anilines is 2. The second-order valence-electron chi connectivity index (χ2n) is 7.25. The van der Waals surface area contributed by atoms with E-state index in [2.05, 4.69) is 20.8 Å². The molecule has 2 amide bonds. The fraction of sp³-hybridized carbons (Fsp3) is 0.0833. The van der Waals surface area contributed by atoms with Gasteiger partial charge in [0, 0.05) is 35.1 Å². The van der Waals surface area contributed by atoms with Crippen LogP contribution < -0.4 is 20.1 Å². The van der Waals surface area contributed by atoms with E-state index in [0.29, 0.717) is 34.3 Å². The molecule has 0 saturated heterocycles. The number of ether oxygens (including phenoxy) is 2. The van der Waals surface area contributed by atoms with Gasteiger partial charge in [-0.2, -0.15) is 9.61 Å². The molecule has 0 bridgehead atoms. The van der Waals surface area contributed by atoms with Gasteiger partial charge in [-0.25, -0.2) is 4.79 Å². The lowest BCUT2D eigenvalue weighted by molar-refractivity contribution is 0.262. The summed E-state index contributed by atoms with van der Waals surface area (Å²) in [5, 5.41) is 20.8. The van der Waals surface area contributed by atoms with Crippen LogP contribution in [0.1, 0.15) is 0 Å². The fourth-order valence-corrected chi connectivity index (χ4v) is 4.13. The number of carbonyl (C=O) groups excluding carboxylic acids is 1. The number of hydrogen-bond donors (Lipinski definition) is 2. The van der Waals surface area contributed by atoms with Gasteiger partial charge < -0.3 is 20.1 Å². The van der Waals surface area contributed by atoms with Crippen molar-refractivity contribution in [3.8, 4) is 33.5 Å². The minimum Gasteiger partial charge on any atom is -0.497 e. The predicted octanol–water partition coefficient (Wildman–Crippen LogP) is 5.18. The number of aromatic nitrogens is 4. The highest BCUT2D eigenvalue weighted by Crippen LogP contribution is 2.27. The predicted molar refractivity (Wildman–Crippen MR) is 132 cm³/mol. The molecule has 0 radical (unpaired) electrons. The van der Waals surface area contributed by atoms with E-state index in [9.17, 15) is 4.79 Å². The van der Waals surface area contributed by atoms with Gasteiger partial charge in [-0.15, -0.1) is 21.5 Å². The molecule has 9 nitrogen and oxygen atoms in total. The molecule has 10 heteroatoms. The molecule has 3 heterocycles. The summed E-state index contributed by atoms with van der Waals surface area (Å²) in [6, 6.07) is 19.9. The van der Waals surface area contributed by atoms with Crippen molar-refractivity contribution in [1.29, 1.82) is 0 Å². The first kappa shape index (κ1) is 21.4. The summed E-state index contributed by atoms with van der Waals surface area (Å²) in [4.78, 5) is 13.6. The Morgan fingerprint density at radius 3 is 2.41 bits per heavy atom. The molecule has 0 aliphatic rings. The third-order valence-corrected chi connectivity index (χ3v) is 5.90. The zero-order chi connectivity index (χ0) is 23.5. The molecule has 0 atom stereocenters. The topological polar surface area (TPSA) is 103 Å². The van der Waals surface area contributed by atoms with Crippen LogP contribution in [-0.2, 0) is 0 Å². The van der Waals surface area contributed by atoms with E-state index in [1.807, 2.05) is 53.9 Å². The van der Waals surface area contributed by atoms with Crippen molar-refractivity contribution in [3.63, 3.8) is 0 Å². The minimum atomic E-state index is -0.394. The number of nitrogens with zero attached hydrogens (tertiary/aromatic N) is 4. The van der Waals surface area contributed by atoms with Gasteiger partial charge in [0.25, 0.3) is 0 Å². The molecular formula is C24H20N6O3S. The lowest BCUT2D eigenvalue weighted by Crippen LogP contribution is -2.19. The number of benzene rings is 2. The minimum absolute atomic E-state index is 0.394. The largest absolute Gasteiger partial charge is 0.497 e. The normalized spacial score (nSPS) is 10.8. The smallest absolute Gasteiger partial charge is 0.323 e. The number of carbonyl (C=O) groups is 1. The van der Waals surface area contributed by atoms with Crippen molar-refractivity contribution < 1.29 is 14.3 Å². The van der Waals surface area contributed by atoms with Crippen molar-refractivity contribution in [1.82, 2.24) is 19.8 Å². The highest BCUT2D eigenvalue weighted by atomic mass is 32.1. The SMILES string of the molecule is COc1cc(NC(=O)Nc2cccc(-c3ccc4nnc(-c5cccs5)n4n3)c2)cc(OC)c1. The van der Waals surface area contributed by atoms with Gasteiger partial charge in [-0.3, -0.25) is 0 Å². The number of rotatable bonds is 6. The van der Waals surface area contributed by atoms with Gasteiger partial charge >= 0.3 is 6.03 Å². The van der Waals surface area contributed by atoms with E-state index in [0.717, 1.165) is 16.1 Å². The van der Waals surface area contributed by atoms with Gasteiger partial charge in [0.1, 0.15) is 11.5 Å². The molecule has 0 spiro atoms. The molecular weight excluding hydrogens is 452 g/mol. The van der Waals surface area contributed by atoms with Gasteiger partial charge in [0.05, 0.1) is 24.8 Å². The Morgan fingerprint density at radius 2 is 1.68 bits per heavy atom. The Balaban J connectivity index is 1.37. The average Bonchev–Trinajstić information content (AvgIpc) is 3.53. The summed E-state index contributed by atoms with van der Waals surface area (Å²) in [6.07, 6.45) is 0. The van der Waals surface area contributed by atoms with Crippen LogP contribution >= 0.6 is 11.3 Å². The summed E-state index contributed by atoms with van der Waals surface area (Å²) in [5.41, 5.74) is 3.40. The van der Waals surface area contributed by atoms with Crippen molar-refractivity contribution in [3.05, 3.63) is 72.1 Å². The number of fused-ring (bicyclic) bond motifs is 1. The van der Waals surface area contributed by atoms with Crippen LogP contribution in [0.5, 0.6) is 11.5 Å². The van der Waals surface area contributed by atoms with Crippen LogP contribution in [-0.4, -0.2) is 40.1 Å². The Labute approximate surface area is 199 Å². The van der Waals surface area contributed by atoms with Gasteiger partial charge in [0.15, 0.2) is 11.5 Å². The molecule has 0 aliphatic carbocycles. The van der Waals surface area contributed by atoms with Gasteiger partial charge in [0.2, 0.25) is 0 Å². The summed E-state index contributed by atoms with van der Waals surface area (Å²) in [6.45, 7) is 0. The maximum absolute atomic E-state index is 12.6. The third-order valence-electron chi connectivity index (χ3n) is 5.03. The standard InChI is InChI=1S/C24H20N6O3S/c1-32-18-12-17(13-19(14-18)33-2)26-24(31)25-16-6-3-5-15(11-16)20-8-9-22-27-28-23(30(22)29-20)21-7-4-10-34-21/h3-14H,1-2H3,(H2,25,26,31). The highest BCUT2D eigenvalue weighted by molar-refractivity contribution is 7.13. The monoisotopic (exact) mass is 472 g/mol. The quantitative estimate of drug-likeness (QED) is 0.353. The van der Waals surface area contributed by atoms with E-state index in [1.54, 1.807) is 48.3 Å². The molecule has 170 valence electrons. The Kier molecular flexibility index (Phi) is 5.79. The van der Waals surface area contributed by atoms with E-state index in [4.69, 9.17) is 14.6 Å². The Morgan fingerprint density at radius 1 is 0.882 bits per heavy atom. The highest BCUT2D eigenvalue weighted by Gasteiger charge is 2.12. The fourth-order valence-electron chi connectivity index (χ4n) is 3.43. The van der Waals surface area contributed by atoms with Gasteiger partial charge in [-0.05, 0) is 35.7 Å². The Hall–Kier alpha value is -4.44. The lowest BCUT2D eigenvalue weighted by Gasteiger charge is -2.11. The van der Waals surface area contributed by atoms with Crippen molar-refractivity contribution in [2.75, 3.05) is 24.9 Å². The summed E-state index contributed by atoms with van der Waals surface area (Å²) in [5.74, 6) is 1.84. The van der Waals surface area contributed by atoms with E-state index >= 15 is 0 Å². The maximum Gasteiger partial charge on any atom is 0.323 e. The van der Waals surface area contributed by atoms with Crippen LogP contribution in [0.3, 0.4) is 0 Å². The van der Waals surface area contributed by atoms with E-state index < -0.39 is 6.03 Å². The van der Waals surface area contributed by atoms with Crippen LogP contribution in [0.2, 0.25) is 0 Å². The summed E-state index contributed by atoms with van der Waals surface area (Å²) in [7, 11) is 3.11. The Bertz CT molecular complexity index is 1440. The zero-order valence-electron chi connectivity index (χ0n) is 18.4. The van der Waals surface area contributed by atoms with Crippen LogP contribution in [0, 0.1) is 0 Å². The van der Waals surface area contributed by atoms with Crippen molar-refractivity contribution in [2.24, 2.45) is 0 Å². The van der Waals surface area contributed by atoms with Crippen molar-refractivity contribution in [2.45, 2.75) is 0 Å². The molecule has 0 unspecified atom stereocenters. The zero-order valence-corrected chi connectivity index (χ0v) is 19.2. The molecule has 5 aromatic rings. The van der Waals surface area contributed by atoms with Crippen LogP contribution in [0.15, 0.2) is 72.1 Å². The van der Waals surface area contributed by atoms with E-state index in [-0.39, 0.29) is 0 Å². The van der Waals surface area contributed by atoms with Crippen molar-refractivity contribution >= 4 is 34.4 Å². The number of amides is 2. The first-order chi connectivity index (χ1) is 16.6. The number of methoxy groups -OCH3 is 2. The summed E-state index contributed by atoms with van der Waals surface area (Å²) < 4.78 is 12.2. The lowest BCUT2D eigenvalue weighted by atomic mass is 10.1. The molecule has 0 aliphatic heterocycles. The number of urea groups is 1. The molecule has 3 aromatic heterocycles. The molecule has 0 fully saturated rings. The molecule has 5 rings (SSSR count). The summed E-state index contributed by atoms with van der Waals surface area (Å²) >= 11 is 1.58. The molecule has 2 aromatic carbocycles. The van der Waals surface area contributed by atoms with Crippen LogP contribution in [0.4, 0.5) is 16.2 Å².